The predicted octanol–water partition coefficient (Wildman–Crippen LogP) is 3.40. The van der Waals surface area contributed by atoms with Gasteiger partial charge in [-0.1, -0.05) is 36.4 Å². The van der Waals surface area contributed by atoms with Crippen molar-refractivity contribution in [3.63, 3.8) is 0 Å². The van der Waals surface area contributed by atoms with Crippen molar-refractivity contribution in [3.8, 4) is 0 Å². The van der Waals surface area contributed by atoms with Gasteiger partial charge in [-0.15, -0.1) is 0 Å². The third-order valence-electron chi connectivity index (χ3n) is 5.76. The van der Waals surface area contributed by atoms with Crippen molar-refractivity contribution in [3.05, 3.63) is 70.3 Å². The molecule has 0 amide bonds. The van der Waals surface area contributed by atoms with Crippen molar-refractivity contribution in [1.29, 1.82) is 0 Å². The van der Waals surface area contributed by atoms with E-state index in [1.807, 2.05) is 6.07 Å². The highest BCUT2D eigenvalue weighted by Crippen LogP contribution is 2.20. The first-order valence-electron chi connectivity index (χ1n) is 9.94. The fourth-order valence-electron chi connectivity index (χ4n) is 4.20. The van der Waals surface area contributed by atoms with Crippen molar-refractivity contribution in [2.75, 3.05) is 26.2 Å². The minimum absolute atomic E-state index is 0.294. The molecule has 2 aliphatic heterocycles. The van der Waals surface area contributed by atoms with Crippen LogP contribution in [0.25, 0.3) is 0 Å². The van der Waals surface area contributed by atoms with Crippen molar-refractivity contribution in [2.24, 2.45) is 0 Å². The number of carbonyl (C=O) groups excluding carboxylic acids is 1. The number of benzene rings is 2. The lowest BCUT2D eigenvalue weighted by molar-refractivity contribution is 0.0973. The van der Waals surface area contributed by atoms with Gasteiger partial charge in [0, 0.05) is 25.1 Å². The number of hydrogen-bond donors (Lipinski definition) is 1. The molecule has 0 spiro atoms. The van der Waals surface area contributed by atoms with Crippen LogP contribution in [-0.4, -0.2) is 36.9 Å². The van der Waals surface area contributed by atoms with Gasteiger partial charge < -0.3 is 5.32 Å². The highest BCUT2D eigenvalue weighted by atomic mass is 16.1. The zero-order valence-corrected chi connectivity index (χ0v) is 15.5. The summed E-state index contributed by atoms with van der Waals surface area (Å²) in [6, 6.07) is 15.1. The molecule has 2 aliphatic rings. The summed E-state index contributed by atoms with van der Waals surface area (Å²) in [5, 5.41) is 3.43. The molecule has 3 heteroatoms. The van der Waals surface area contributed by atoms with Crippen molar-refractivity contribution in [2.45, 2.75) is 38.6 Å². The Hall–Kier alpha value is -1.97. The minimum atomic E-state index is 0.294. The Morgan fingerprint density at radius 2 is 1.69 bits per heavy atom. The number of nitrogens with zero attached hydrogens (tertiary/aromatic N) is 1. The van der Waals surface area contributed by atoms with E-state index in [4.69, 9.17) is 0 Å². The average molecular weight is 348 g/mol. The molecule has 26 heavy (non-hydrogen) atoms. The third kappa shape index (κ3) is 4.05. The van der Waals surface area contributed by atoms with Crippen molar-refractivity contribution >= 4 is 5.78 Å². The smallest absolute Gasteiger partial charge is 0.162 e. The van der Waals surface area contributed by atoms with E-state index in [0.29, 0.717) is 12.2 Å². The highest BCUT2D eigenvalue weighted by Gasteiger charge is 2.16. The quantitative estimate of drug-likeness (QED) is 0.841. The number of fused-ring (bicyclic) bond motifs is 2. The molecule has 2 aromatic rings. The minimum Gasteiger partial charge on any atom is -0.316 e. The molecular weight excluding hydrogens is 320 g/mol. The predicted molar refractivity (Wildman–Crippen MR) is 106 cm³/mol. The lowest BCUT2D eigenvalue weighted by Gasteiger charge is -2.28. The van der Waals surface area contributed by atoms with E-state index < -0.39 is 0 Å². The Labute approximate surface area is 156 Å². The Balaban J connectivity index is 1.30. The lowest BCUT2D eigenvalue weighted by atomic mass is 9.96. The molecule has 3 nitrogen and oxygen atoms in total. The van der Waals surface area contributed by atoms with Gasteiger partial charge in [0.1, 0.15) is 0 Å². The first-order chi connectivity index (χ1) is 12.8. The second kappa shape index (κ2) is 8.15. The maximum Gasteiger partial charge on any atom is 0.162 e. The molecule has 1 N–H and O–H groups in total. The van der Waals surface area contributed by atoms with Crippen LogP contribution in [-0.2, 0) is 25.8 Å². The summed E-state index contributed by atoms with van der Waals surface area (Å²) in [4.78, 5) is 15.1. The molecule has 0 bridgehead atoms. The molecular formula is C23H28N2O. The monoisotopic (exact) mass is 348 g/mol. The van der Waals surface area contributed by atoms with Gasteiger partial charge in [0.2, 0.25) is 0 Å². The van der Waals surface area contributed by atoms with Crippen LogP contribution in [0.2, 0.25) is 0 Å². The summed E-state index contributed by atoms with van der Waals surface area (Å²) < 4.78 is 0. The Kier molecular flexibility index (Phi) is 5.47. The van der Waals surface area contributed by atoms with Gasteiger partial charge in [0.05, 0.1) is 0 Å². The van der Waals surface area contributed by atoms with Crippen LogP contribution in [0.3, 0.4) is 0 Å². The van der Waals surface area contributed by atoms with Gasteiger partial charge in [-0.3, -0.25) is 9.69 Å². The molecule has 2 heterocycles. The van der Waals surface area contributed by atoms with E-state index in [-0.39, 0.29) is 0 Å². The number of rotatable bonds is 5. The Morgan fingerprint density at radius 1 is 0.923 bits per heavy atom. The van der Waals surface area contributed by atoms with Crippen LogP contribution in [0, 0.1) is 0 Å². The van der Waals surface area contributed by atoms with Gasteiger partial charge in [0.15, 0.2) is 5.78 Å². The first kappa shape index (κ1) is 17.4. The Morgan fingerprint density at radius 3 is 2.58 bits per heavy atom. The maximum absolute atomic E-state index is 12.6. The van der Waals surface area contributed by atoms with E-state index in [0.717, 1.165) is 64.0 Å². The number of carbonyl (C=O) groups is 1. The maximum atomic E-state index is 12.6. The normalized spacial score (nSPS) is 17.2. The largest absolute Gasteiger partial charge is 0.316 e. The van der Waals surface area contributed by atoms with E-state index in [9.17, 15) is 4.79 Å². The molecule has 2 aromatic carbocycles. The summed E-state index contributed by atoms with van der Waals surface area (Å²) >= 11 is 0. The molecule has 0 aromatic heterocycles. The SMILES string of the molecule is O=C(CCCN1CCc2ccccc2C1)c1ccc2c(c1)CCNCC2. The third-order valence-corrected chi connectivity index (χ3v) is 5.76. The fraction of sp³-hybridized carbons (Fsp3) is 0.435. The summed E-state index contributed by atoms with van der Waals surface area (Å²) in [6.45, 7) is 5.20. The zero-order valence-electron chi connectivity index (χ0n) is 15.5. The highest BCUT2D eigenvalue weighted by molar-refractivity contribution is 5.96. The molecule has 0 unspecified atom stereocenters. The first-order valence-corrected chi connectivity index (χ1v) is 9.94. The van der Waals surface area contributed by atoms with Crippen LogP contribution < -0.4 is 5.32 Å². The number of hydrogen-bond acceptors (Lipinski definition) is 3. The van der Waals surface area contributed by atoms with E-state index in [1.54, 1.807) is 0 Å². The van der Waals surface area contributed by atoms with Crippen LogP contribution in [0.5, 0.6) is 0 Å². The number of Topliss-reactive ketones (excluding diaryl/α,β-unsaturated/α-hetero) is 1. The Bertz CT molecular complexity index is 784. The van der Waals surface area contributed by atoms with Gasteiger partial charge in [-0.25, -0.2) is 0 Å². The number of ketones is 1. The van der Waals surface area contributed by atoms with Crippen LogP contribution >= 0.6 is 0 Å². The van der Waals surface area contributed by atoms with E-state index >= 15 is 0 Å². The van der Waals surface area contributed by atoms with Crippen molar-refractivity contribution < 1.29 is 4.79 Å². The van der Waals surface area contributed by atoms with Gasteiger partial charge in [0.25, 0.3) is 0 Å². The molecule has 0 aliphatic carbocycles. The second-order valence-electron chi connectivity index (χ2n) is 7.56. The average Bonchev–Trinajstić information content (AvgIpc) is 2.92. The van der Waals surface area contributed by atoms with Gasteiger partial charge >= 0.3 is 0 Å². The zero-order chi connectivity index (χ0) is 17.8. The molecule has 0 radical (unpaired) electrons. The molecule has 136 valence electrons. The van der Waals surface area contributed by atoms with Crippen LogP contribution in [0.4, 0.5) is 0 Å². The topological polar surface area (TPSA) is 32.3 Å². The summed E-state index contributed by atoms with van der Waals surface area (Å²) in [7, 11) is 0. The van der Waals surface area contributed by atoms with Crippen molar-refractivity contribution in [1.82, 2.24) is 10.2 Å². The number of nitrogens with one attached hydrogen (secondary N) is 1. The van der Waals surface area contributed by atoms with Gasteiger partial charge in [-0.05, 0) is 73.6 Å². The second-order valence-corrected chi connectivity index (χ2v) is 7.56. The van der Waals surface area contributed by atoms with Crippen LogP contribution in [0.15, 0.2) is 42.5 Å². The van der Waals surface area contributed by atoms with E-state index in [2.05, 4.69) is 46.6 Å². The van der Waals surface area contributed by atoms with Gasteiger partial charge in [-0.2, -0.15) is 0 Å². The fourth-order valence-corrected chi connectivity index (χ4v) is 4.20. The van der Waals surface area contributed by atoms with E-state index in [1.165, 1.54) is 22.3 Å². The molecule has 0 saturated carbocycles. The molecule has 0 fully saturated rings. The summed E-state index contributed by atoms with van der Waals surface area (Å²) in [5.74, 6) is 0.294. The summed E-state index contributed by atoms with van der Waals surface area (Å²) in [6.07, 6.45) is 4.82. The lowest BCUT2D eigenvalue weighted by Crippen LogP contribution is -2.31. The van der Waals surface area contributed by atoms with Crippen LogP contribution in [0.1, 0.15) is 45.5 Å². The standard InChI is InChI=1S/C23H28N2O/c26-23(21-8-7-19-9-12-24-13-10-20(19)16-21)6-3-14-25-15-11-18-4-1-2-5-22(18)17-25/h1-2,4-5,7-8,16,24H,3,6,9-15,17H2. The molecule has 0 saturated heterocycles. The summed E-state index contributed by atoms with van der Waals surface area (Å²) in [5.41, 5.74) is 6.59. The molecule has 0 atom stereocenters. The molecule has 4 rings (SSSR count).